The third kappa shape index (κ3) is 2.18. The Kier molecular flexibility index (Phi) is 3.96. The van der Waals surface area contributed by atoms with Crippen LogP contribution in [0.5, 0.6) is 0 Å². The summed E-state index contributed by atoms with van der Waals surface area (Å²) in [5.41, 5.74) is 0.707. The maximum atomic E-state index is 6.65. The summed E-state index contributed by atoms with van der Waals surface area (Å²) in [5, 5.41) is -0.484. The van der Waals surface area contributed by atoms with Crippen molar-refractivity contribution in [1.82, 2.24) is 0 Å². The number of hydrogen-bond acceptors (Lipinski definition) is 0. The first-order chi connectivity index (χ1) is 8.39. The first-order valence-corrected chi connectivity index (χ1v) is 7.97. The van der Waals surface area contributed by atoms with E-state index in [1.54, 1.807) is 0 Å². The van der Waals surface area contributed by atoms with Gasteiger partial charge in [-0.1, -0.05) is 64.0 Å². The van der Waals surface area contributed by atoms with Crippen LogP contribution >= 0.6 is 0 Å². The molecular weight excluding hydrogens is 214 g/mol. The van der Waals surface area contributed by atoms with Crippen LogP contribution in [0.1, 0.15) is 78.6 Å². The van der Waals surface area contributed by atoms with Gasteiger partial charge in [0.25, 0.3) is 0 Å². The van der Waals surface area contributed by atoms with Crippen molar-refractivity contribution in [2.75, 3.05) is 0 Å². The topological polar surface area (TPSA) is 0 Å². The molecule has 98 valence electrons. The van der Waals surface area contributed by atoms with Crippen molar-refractivity contribution in [3.63, 3.8) is 0 Å². The van der Waals surface area contributed by atoms with Gasteiger partial charge in [-0.25, -0.2) is 0 Å². The molecule has 2 aliphatic rings. The highest BCUT2D eigenvalue weighted by Crippen LogP contribution is 2.62. The molecular formula is C16H28B2. The molecule has 4 radical (unpaired) electrons. The van der Waals surface area contributed by atoms with Crippen molar-refractivity contribution in [3.8, 4) is 0 Å². The molecule has 2 aliphatic carbocycles. The molecule has 0 heterocycles. The van der Waals surface area contributed by atoms with Crippen LogP contribution in [0.2, 0.25) is 5.21 Å². The van der Waals surface area contributed by atoms with Gasteiger partial charge >= 0.3 is 0 Å². The highest BCUT2D eigenvalue weighted by molar-refractivity contribution is 6.40. The molecule has 0 nitrogen and oxygen atoms in total. The molecule has 1 unspecified atom stereocenters. The molecule has 2 fully saturated rings. The van der Waals surface area contributed by atoms with E-state index in [-0.39, 0.29) is 5.41 Å². The molecule has 0 aromatic carbocycles. The van der Waals surface area contributed by atoms with Crippen LogP contribution in [-0.2, 0) is 0 Å². The zero-order valence-electron chi connectivity index (χ0n) is 12.6. The summed E-state index contributed by atoms with van der Waals surface area (Å²) in [4.78, 5) is 0. The second-order valence-corrected chi connectivity index (χ2v) is 7.35. The Bertz CT molecular complexity index is 285. The molecule has 2 heteroatoms. The largest absolute Gasteiger partial charge is 0.0911 e. The molecule has 0 aromatic heterocycles. The van der Waals surface area contributed by atoms with Crippen LogP contribution in [0.4, 0.5) is 0 Å². The molecule has 0 aromatic rings. The van der Waals surface area contributed by atoms with Gasteiger partial charge in [0.05, 0.1) is 15.7 Å². The summed E-state index contributed by atoms with van der Waals surface area (Å²) in [7, 11) is 13.3. The highest BCUT2D eigenvalue weighted by Gasteiger charge is 2.49. The first-order valence-electron chi connectivity index (χ1n) is 7.97. The van der Waals surface area contributed by atoms with E-state index in [0.717, 1.165) is 12.8 Å². The lowest BCUT2D eigenvalue weighted by atomic mass is 9.36. The van der Waals surface area contributed by atoms with Gasteiger partial charge in [-0.05, 0) is 36.5 Å². The van der Waals surface area contributed by atoms with Gasteiger partial charge in [-0.15, -0.1) is 0 Å². The van der Waals surface area contributed by atoms with Crippen LogP contribution in [0, 0.1) is 16.7 Å². The molecule has 0 aliphatic heterocycles. The predicted molar refractivity (Wildman–Crippen MR) is 81.1 cm³/mol. The average Bonchev–Trinajstić information content (AvgIpc) is 2.99. The van der Waals surface area contributed by atoms with Gasteiger partial charge in [0.2, 0.25) is 0 Å². The molecule has 0 saturated heterocycles. The summed E-state index contributed by atoms with van der Waals surface area (Å²) >= 11 is 0. The van der Waals surface area contributed by atoms with Gasteiger partial charge in [-0.3, -0.25) is 0 Å². The summed E-state index contributed by atoms with van der Waals surface area (Å²) < 4.78 is 0. The molecule has 2 rings (SSSR count). The van der Waals surface area contributed by atoms with Crippen LogP contribution in [0.3, 0.4) is 0 Å². The van der Waals surface area contributed by atoms with Gasteiger partial charge in [0.15, 0.2) is 0 Å². The van der Waals surface area contributed by atoms with Crippen LogP contribution in [0.15, 0.2) is 0 Å². The Morgan fingerprint density at radius 2 is 1.61 bits per heavy atom. The van der Waals surface area contributed by atoms with E-state index in [0.29, 0.717) is 11.3 Å². The Morgan fingerprint density at radius 1 is 1.06 bits per heavy atom. The second kappa shape index (κ2) is 4.91. The van der Waals surface area contributed by atoms with E-state index in [9.17, 15) is 0 Å². The predicted octanol–water partition coefficient (Wildman–Crippen LogP) is 4.63. The van der Waals surface area contributed by atoms with Crippen LogP contribution in [0.25, 0.3) is 0 Å². The van der Waals surface area contributed by atoms with E-state index in [1.165, 1.54) is 44.9 Å². The standard InChI is InChI=1S/C16H28B2/c1-4-14(3,5-2)16(17,18)13-8-11-15(12-13)9-6-7-10-15/h13H,4-12H2,1-3H3. The molecule has 2 saturated carbocycles. The first kappa shape index (κ1) is 14.5. The van der Waals surface area contributed by atoms with E-state index in [2.05, 4.69) is 20.8 Å². The highest BCUT2D eigenvalue weighted by atomic mass is 14.5. The lowest BCUT2D eigenvalue weighted by molar-refractivity contribution is 0.179. The van der Waals surface area contributed by atoms with Crippen molar-refractivity contribution in [2.45, 2.75) is 83.8 Å². The molecule has 1 atom stereocenters. The summed E-state index contributed by atoms with van der Waals surface area (Å²) in [6, 6.07) is 0. The maximum Gasteiger partial charge on any atom is 0.0631 e. The van der Waals surface area contributed by atoms with Gasteiger partial charge in [0, 0.05) is 0 Å². The third-order valence-corrected chi connectivity index (χ3v) is 6.65. The summed E-state index contributed by atoms with van der Waals surface area (Å²) in [5.74, 6) is 0.528. The minimum absolute atomic E-state index is 0.0851. The summed E-state index contributed by atoms with van der Waals surface area (Å²) in [6.45, 7) is 6.75. The van der Waals surface area contributed by atoms with Crippen molar-refractivity contribution >= 4 is 15.7 Å². The Balaban J connectivity index is 2.12. The zero-order chi connectivity index (χ0) is 13.4. The Morgan fingerprint density at radius 3 is 2.11 bits per heavy atom. The molecule has 0 N–H and O–H groups in total. The summed E-state index contributed by atoms with van der Waals surface area (Å²) in [6.07, 6.45) is 11.8. The SMILES string of the molecule is [B]C([B])(C1CCC2(CCCC2)C1)C(C)(CC)CC. The quantitative estimate of drug-likeness (QED) is 0.630. The van der Waals surface area contributed by atoms with Gasteiger partial charge in [0.1, 0.15) is 0 Å². The van der Waals surface area contributed by atoms with E-state index < -0.39 is 5.21 Å². The molecule has 0 bridgehead atoms. The van der Waals surface area contributed by atoms with Crippen molar-refractivity contribution in [1.29, 1.82) is 0 Å². The minimum Gasteiger partial charge on any atom is -0.0911 e. The zero-order valence-corrected chi connectivity index (χ0v) is 12.6. The van der Waals surface area contributed by atoms with E-state index in [1.807, 2.05) is 0 Å². The fourth-order valence-corrected chi connectivity index (χ4v) is 4.55. The molecule has 0 amide bonds. The van der Waals surface area contributed by atoms with Crippen molar-refractivity contribution < 1.29 is 0 Å². The average molecular weight is 242 g/mol. The van der Waals surface area contributed by atoms with Crippen molar-refractivity contribution in [2.24, 2.45) is 16.7 Å². The third-order valence-electron chi connectivity index (χ3n) is 6.65. The lowest BCUT2D eigenvalue weighted by Gasteiger charge is -2.49. The smallest absolute Gasteiger partial charge is 0.0631 e. The lowest BCUT2D eigenvalue weighted by Crippen LogP contribution is -2.39. The van der Waals surface area contributed by atoms with Crippen molar-refractivity contribution in [3.05, 3.63) is 0 Å². The van der Waals surface area contributed by atoms with E-state index >= 15 is 0 Å². The Labute approximate surface area is 117 Å². The van der Waals surface area contributed by atoms with Crippen LogP contribution in [-0.4, -0.2) is 15.7 Å². The molecule has 1 spiro atoms. The Hall–Kier alpha value is 0.130. The van der Waals surface area contributed by atoms with Gasteiger partial charge < -0.3 is 0 Å². The minimum atomic E-state index is -0.484. The number of hydrogen-bond donors (Lipinski definition) is 0. The van der Waals surface area contributed by atoms with Crippen LogP contribution < -0.4 is 0 Å². The van der Waals surface area contributed by atoms with E-state index in [4.69, 9.17) is 15.7 Å². The number of rotatable bonds is 4. The maximum absolute atomic E-state index is 6.65. The monoisotopic (exact) mass is 242 g/mol. The second-order valence-electron chi connectivity index (χ2n) is 7.35. The fourth-order valence-electron chi connectivity index (χ4n) is 4.55. The molecule has 18 heavy (non-hydrogen) atoms. The normalized spacial score (nSPS) is 28.1. The van der Waals surface area contributed by atoms with Gasteiger partial charge in [-0.2, -0.15) is 0 Å². The fraction of sp³-hybridized carbons (Fsp3) is 1.00.